The van der Waals surface area contributed by atoms with E-state index < -0.39 is 6.04 Å². The van der Waals surface area contributed by atoms with Crippen LogP contribution in [0, 0.1) is 0 Å². The van der Waals surface area contributed by atoms with Crippen LogP contribution in [0.3, 0.4) is 0 Å². The number of nitrogens with one attached hydrogen (secondary N) is 1. The lowest BCUT2D eigenvalue weighted by Gasteiger charge is -2.30. The van der Waals surface area contributed by atoms with Gasteiger partial charge in [0.15, 0.2) is 0 Å². The molecule has 0 aliphatic heterocycles. The van der Waals surface area contributed by atoms with Gasteiger partial charge in [0.2, 0.25) is 11.8 Å². The predicted octanol–water partition coefficient (Wildman–Crippen LogP) is 3.88. The van der Waals surface area contributed by atoms with E-state index in [4.69, 9.17) is 9.47 Å². The van der Waals surface area contributed by atoms with Crippen LogP contribution in [0.5, 0.6) is 11.5 Å². The van der Waals surface area contributed by atoms with E-state index in [9.17, 15) is 9.59 Å². The van der Waals surface area contributed by atoms with Gasteiger partial charge in [0, 0.05) is 13.5 Å². The summed E-state index contributed by atoms with van der Waals surface area (Å²) in [6.45, 7) is 5.97. The second-order valence-corrected chi connectivity index (χ2v) is 6.86. The molecule has 0 saturated carbocycles. The van der Waals surface area contributed by atoms with Crippen molar-refractivity contribution in [3.05, 3.63) is 59.7 Å². The average Bonchev–Trinajstić information content (AvgIpc) is 2.73. The maximum atomic E-state index is 13.2. The maximum Gasteiger partial charge on any atom is 0.225 e. The first-order valence-electron chi connectivity index (χ1n) is 9.74. The van der Waals surface area contributed by atoms with E-state index in [2.05, 4.69) is 5.32 Å². The van der Waals surface area contributed by atoms with Crippen molar-refractivity contribution < 1.29 is 19.1 Å². The quantitative estimate of drug-likeness (QED) is 0.696. The standard InChI is InChI=1S/C23H30N2O4/c1-6-25(16(2)19-8-7-9-21(14-19)29-5)23(27)15-22(24-17(3)26)18-10-12-20(28-4)13-11-18/h7-14,16,22H,6,15H2,1-5H3,(H,24,26). The molecule has 29 heavy (non-hydrogen) atoms. The maximum absolute atomic E-state index is 13.2. The van der Waals surface area contributed by atoms with Crippen molar-refractivity contribution in [2.24, 2.45) is 0 Å². The monoisotopic (exact) mass is 398 g/mol. The van der Waals surface area contributed by atoms with E-state index in [0.717, 1.165) is 22.6 Å². The van der Waals surface area contributed by atoms with Gasteiger partial charge in [-0.2, -0.15) is 0 Å². The van der Waals surface area contributed by atoms with Gasteiger partial charge in [0.05, 0.1) is 32.7 Å². The fraction of sp³-hybridized carbons (Fsp3) is 0.391. The highest BCUT2D eigenvalue weighted by atomic mass is 16.5. The Morgan fingerprint density at radius 3 is 2.21 bits per heavy atom. The fourth-order valence-corrected chi connectivity index (χ4v) is 3.37. The van der Waals surface area contributed by atoms with Crippen LogP contribution in [0.25, 0.3) is 0 Å². The van der Waals surface area contributed by atoms with Crippen molar-refractivity contribution in [2.75, 3.05) is 20.8 Å². The molecule has 156 valence electrons. The number of hydrogen-bond acceptors (Lipinski definition) is 4. The third-order valence-corrected chi connectivity index (χ3v) is 4.98. The number of amides is 2. The molecule has 0 aromatic heterocycles. The van der Waals surface area contributed by atoms with Crippen molar-refractivity contribution in [3.63, 3.8) is 0 Å². The molecule has 2 unspecified atom stereocenters. The minimum absolute atomic E-state index is 0.0302. The third kappa shape index (κ3) is 5.98. The molecule has 0 bridgehead atoms. The molecule has 2 aromatic rings. The second-order valence-electron chi connectivity index (χ2n) is 6.86. The Hall–Kier alpha value is -3.02. The third-order valence-electron chi connectivity index (χ3n) is 4.98. The molecule has 0 saturated heterocycles. The van der Waals surface area contributed by atoms with Gasteiger partial charge in [0.1, 0.15) is 11.5 Å². The van der Waals surface area contributed by atoms with Crippen LogP contribution in [-0.4, -0.2) is 37.5 Å². The van der Waals surface area contributed by atoms with Crippen LogP contribution in [0.1, 0.15) is 50.4 Å². The highest BCUT2D eigenvalue weighted by molar-refractivity contribution is 5.79. The summed E-state index contributed by atoms with van der Waals surface area (Å²) in [5.74, 6) is 1.27. The molecule has 0 fully saturated rings. The Labute approximate surface area is 172 Å². The van der Waals surface area contributed by atoms with Gasteiger partial charge in [-0.3, -0.25) is 9.59 Å². The van der Waals surface area contributed by atoms with Crippen molar-refractivity contribution in [1.29, 1.82) is 0 Å². The van der Waals surface area contributed by atoms with E-state index in [0.29, 0.717) is 6.54 Å². The van der Waals surface area contributed by atoms with Crippen LogP contribution in [0.2, 0.25) is 0 Å². The van der Waals surface area contributed by atoms with E-state index in [1.165, 1.54) is 6.92 Å². The highest BCUT2D eigenvalue weighted by Gasteiger charge is 2.25. The molecule has 1 N–H and O–H groups in total. The summed E-state index contributed by atoms with van der Waals surface area (Å²) in [7, 11) is 3.22. The topological polar surface area (TPSA) is 67.9 Å². The van der Waals surface area contributed by atoms with Gasteiger partial charge in [-0.25, -0.2) is 0 Å². The Bertz CT molecular complexity index is 820. The molecular weight excluding hydrogens is 368 g/mol. The molecule has 2 atom stereocenters. The predicted molar refractivity (Wildman–Crippen MR) is 113 cm³/mol. The second kappa shape index (κ2) is 10.5. The van der Waals surface area contributed by atoms with E-state index in [1.807, 2.05) is 67.3 Å². The zero-order valence-corrected chi connectivity index (χ0v) is 17.8. The summed E-state index contributed by atoms with van der Waals surface area (Å²) in [4.78, 5) is 26.7. The van der Waals surface area contributed by atoms with E-state index in [1.54, 1.807) is 14.2 Å². The molecule has 6 nitrogen and oxygen atoms in total. The van der Waals surface area contributed by atoms with Crippen molar-refractivity contribution in [2.45, 2.75) is 39.3 Å². The first kappa shape index (κ1) is 22.3. The number of carbonyl (C=O) groups is 2. The number of carbonyl (C=O) groups excluding carboxylic acids is 2. The lowest BCUT2D eigenvalue weighted by molar-refractivity contribution is -0.134. The molecule has 6 heteroatoms. The van der Waals surface area contributed by atoms with Gasteiger partial charge in [-0.15, -0.1) is 0 Å². The van der Waals surface area contributed by atoms with Crippen LogP contribution in [0.15, 0.2) is 48.5 Å². The van der Waals surface area contributed by atoms with Crippen LogP contribution in [0.4, 0.5) is 0 Å². The first-order chi connectivity index (χ1) is 13.9. The molecule has 0 aliphatic rings. The highest BCUT2D eigenvalue weighted by Crippen LogP contribution is 2.27. The number of hydrogen-bond donors (Lipinski definition) is 1. The molecule has 2 aromatic carbocycles. The van der Waals surface area contributed by atoms with Crippen LogP contribution < -0.4 is 14.8 Å². The zero-order valence-electron chi connectivity index (χ0n) is 17.8. The Kier molecular flexibility index (Phi) is 8.07. The summed E-state index contributed by atoms with van der Waals surface area (Å²) in [5, 5.41) is 2.89. The Morgan fingerprint density at radius 2 is 1.66 bits per heavy atom. The van der Waals surface area contributed by atoms with Crippen molar-refractivity contribution in [1.82, 2.24) is 10.2 Å². The normalized spacial score (nSPS) is 12.6. The number of ether oxygens (including phenoxy) is 2. The van der Waals surface area contributed by atoms with Gasteiger partial charge in [-0.1, -0.05) is 24.3 Å². The lowest BCUT2D eigenvalue weighted by atomic mass is 10.0. The lowest BCUT2D eigenvalue weighted by Crippen LogP contribution is -2.37. The summed E-state index contributed by atoms with van der Waals surface area (Å²) < 4.78 is 10.5. The molecule has 2 rings (SSSR count). The number of rotatable bonds is 9. The minimum atomic E-state index is -0.405. The molecular formula is C23H30N2O4. The summed E-state index contributed by atoms with van der Waals surface area (Å²) in [5.41, 5.74) is 1.86. The van der Waals surface area contributed by atoms with Crippen LogP contribution in [-0.2, 0) is 9.59 Å². The van der Waals surface area contributed by atoms with E-state index >= 15 is 0 Å². The minimum Gasteiger partial charge on any atom is -0.497 e. The van der Waals surface area contributed by atoms with E-state index in [-0.39, 0.29) is 24.3 Å². The number of nitrogens with zero attached hydrogens (tertiary/aromatic N) is 1. The summed E-state index contributed by atoms with van der Waals surface area (Å²) in [6.07, 6.45) is 0.175. The van der Waals surface area contributed by atoms with Crippen molar-refractivity contribution in [3.8, 4) is 11.5 Å². The molecule has 0 aliphatic carbocycles. The molecule has 0 spiro atoms. The summed E-state index contributed by atoms with van der Waals surface area (Å²) in [6, 6.07) is 14.6. The van der Waals surface area contributed by atoms with Gasteiger partial charge in [-0.05, 0) is 49.2 Å². The smallest absolute Gasteiger partial charge is 0.225 e. The largest absolute Gasteiger partial charge is 0.497 e. The van der Waals surface area contributed by atoms with Crippen molar-refractivity contribution >= 4 is 11.8 Å². The Balaban J connectivity index is 2.21. The first-order valence-corrected chi connectivity index (χ1v) is 9.74. The Morgan fingerprint density at radius 1 is 1.00 bits per heavy atom. The van der Waals surface area contributed by atoms with Gasteiger partial charge < -0.3 is 19.7 Å². The van der Waals surface area contributed by atoms with Gasteiger partial charge in [0.25, 0.3) is 0 Å². The summed E-state index contributed by atoms with van der Waals surface area (Å²) >= 11 is 0. The molecule has 0 heterocycles. The zero-order chi connectivity index (χ0) is 21.4. The molecule has 2 amide bonds. The average molecular weight is 399 g/mol. The SMILES string of the molecule is CCN(C(=O)CC(NC(C)=O)c1ccc(OC)cc1)C(C)c1cccc(OC)c1. The molecule has 0 radical (unpaired) electrons. The fourth-order valence-electron chi connectivity index (χ4n) is 3.37. The van der Waals surface area contributed by atoms with Crippen LogP contribution >= 0.6 is 0 Å². The van der Waals surface area contributed by atoms with Gasteiger partial charge >= 0.3 is 0 Å². The number of benzene rings is 2. The number of methoxy groups -OCH3 is 2.